The molecule has 1 amide bonds. The number of nitrogens with zero attached hydrogens (tertiary/aromatic N) is 3. The molecule has 4 rings (SSSR count). The van der Waals surface area contributed by atoms with Gasteiger partial charge in [-0.3, -0.25) is 4.79 Å². The fourth-order valence-corrected chi connectivity index (χ4v) is 6.11. The number of aryl methyl sites for hydroxylation is 3. The lowest BCUT2D eigenvalue weighted by atomic mass is 10.1. The van der Waals surface area contributed by atoms with E-state index >= 15 is 0 Å². The topological polar surface area (TPSA) is 84.3 Å². The monoisotopic (exact) mass is 560 g/mol. The van der Waals surface area contributed by atoms with Gasteiger partial charge >= 0.3 is 0 Å². The minimum Gasteiger partial charge on any atom is -0.494 e. The van der Waals surface area contributed by atoms with Crippen LogP contribution in [-0.4, -0.2) is 41.1 Å². The van der Waals surface area contributed by atoms with E-state index in [1.54, 1.807) is 12.5 Å². The van der Waals surface area contributed by atoms with E-state index in [1.165, 1.54) is 22.2 Å². The fourth-order valence-electron chi connectivity index (χ4n) is 4.74. The predicted molar refractivity (Wildman–Crippen MR) is 164 cm³/mol. The Balaban J connectivity index is 1.36. The van der Waals surface area contributed by atoms with Crippen LogP contribution >= 0.6 is 0 Å². The average molecular weight is 561 g/mol. The molecule has 0 fully saturated rings. The molecule has 0 radical (unpaired) electrons. The number of rotatable bonds is 13. The standard InChI is InChI=1S/C32H44N4O3Si/c1-32(2,3)40(5,6)39-28(21-36-22-29(31(33)37)34-23-36)13-10-18-38-27-16-17-30-25(20-27)19-26(35(30)4)15-14-24-11-8-7-9-12-24/h7-9,11-12,16-17,19-20,22-23,28H,10,13-15,18,21H2,1-6H3,(H2,33,37)/t28-/m0/s1. The van der Waals surface area contributed by atoms with Crippen LogP contribution in [-0.2, 0) is 30.9 Å². The van der Waals surface area contributed by atoms with Crippen molar-refractivity contribution in [1.29, 1.82) is 0 Å². The Labute approximate surface area is 239 Å². The molecule has 214 valence electrons. The number of carbonyl (C=O) groups excluding carboxylic acids is 1. The molecule has 0 saturated heterocycles. The molecule has 0 saturated carbocycles. The van der Waals surface area contributed by atoms with E-state index in [2.05, 4.69) is 105 Å². The van der Waals surface area contributed by atoms with E-state index in [0.29, 0.717) is 13.2 Å². The van der Waals surface area contributed by atoms with E-state index < -0.39 is 14.2 Å². The smallest absolute Gasteiger partial charge is 0.268 e. The van der Waals surface area contributed by atoms with Crippen LogP contribution in [0.4, 0.5) is 0 Å². The molecule has 2 N–H and O–H groups in total. The average Bonchev–Trinajstić information content (AvgIpc) is 3.49. The molecule has 1 atom stereocenters. The Hall–Kier alpha value is -3.36. The van der Waals surface area contributed by atoms with Gasteiger partial charge in [0.2, 0.25) is 0 Å². The summed E-state index contributed by atoms with van der Waals surface area (Å²) >= 11 is 0. The number of hydrogen-bond acceptors (Lipinski definition) is 4. The van der Waals surface area contributed by atoms with Crippen LogP contribution in [0.5, 0.6) is 5.75 Å². The summed E-state index contributed by atoms with van der Waals surface area (Å²) in [7, 11) is 0.145. The molecular formula is C32H44N4O3Si. The largest absolute Gasteiger partial charge is 0.494 e. The molecule has 0 bridgehead atoms. The number of aromatic nitrogens is 3. The van der Waals surface area contributed by atoms with Gasteiger partial charge < -0.3 is 24.0 Å². The highest BCUT2D eigenvalue weighted by molar-refractivity contribution is 6.74. The van der Waals surface area contributed by atoms with Crippen LogP contribution in [0.25, 0.3) is 10.9 Å². The van der Waals surface area contributed by atoms with Crippen molar-refractivity contribution < 1.29 is 14.0 Å². The van der Waals surface area contributed by atoms with E-state index in [0.717, 1.165) is 31.4 Å². The minimum absolute atomic E-state index is 0.0109. The number of benzene rings is 2. The van der Waals surface area contributed by atoms with E-state index in [9.17, 15) is 4.79 Å². The second kappa shape index (κ2) is 12.4. The normalized spacial score (nSPS) is 13.1. The van der Waals surface area contributed by atoms with Crippen LogP contribution in [0, 0.1) is 0 Å². The maximum atomic E-state index is 11.5. The number of nitrogens with two attached hydrogens (primary N) is 1. The second-order valence-corrected chi connectivity index (χ2v) is 17.0. The molecular weight excluding hydrogens is 516 g/mol. The molecule has 0 aliphatic rings. The molecule has 2 heterocycles. The van der Waals surface area contributed by atoms with Gasteiger partial charge in [-0.1, -0.05) is 51.1 Å². The fraction of sp³-hybridized carbons (Fsp3) is 0.438. The molecule has 7 nitrogen and oxygen atoms in total. The zero-order chi connectivity index (χ0) is 28.9. The maximum Gasteiger partial charge on any atom is 0.268 e. The maximum absolute atomic E-state index is 11.5. The first-order valence-electron chi connectivity index (χ1n) is 14.2. The van der Waals surface area contributed by atoms with Crippen molar-refractivity contribution in [1.82, 2.24) is 14.1 Å². The predicted octanol–water partition coefficient (Wildman–Crippen LogP) is 6.51. The van der Waals surface area contributed by atoms with E-state index in [4.69, 9.17) is 14.9 Å². The molecule has 0 unspecified atom stereocenters. The summed E-state index contributed by atoms with van der Waals surface area (Å²) in [5, 5.41) is 1.30. The molecule has 2 aromatic carbocycles. The number of ether oxygens (including phenoxy) is 1. The van der Waals surface area contributed by atoms with E-state index in [1.807, 2.05) is 4.57 Å². The van der Waals surface area contributed by atoms with Gasteiger partial charge in [-0.15, -0.1) is 0 Å². The zero-order valence-corrected chi connectivity index (χ0v) is 25.8. The molecule has 8 heteroatoms. The van der Waals surface area contributed by atoms with Crippen LogP contribution in [0.2, 0.25) is 18.1 Å². The zero-order valence-electron chi connectivity index (χ0n) is 24.8. The first-order chi connectivity index (χ1) is 18.9. The summed E-state index contributed by atoms with van der Waals surface area (Å²) in [5.74, 6) is 0.364. The van der Waals surface area contributed by atoms with Crippen LogP contribution in [0.1, 0.15) is 55.4 Å². The number of hydrogen-bond donors (Lipinski definition) is 1. The van der Waals surface area contributed by atoms with Crippen molar-refractivity contribution in [2.45, 2.75) is 77.2 Å². The Morgan fingerprint density at radius 1 is 1.07 bits per heavy atom. The number of amides is 1. The quantitative estimate of drug-likeness (QED) is 0.149. The highest BCUT2D eigenvalue weighted by atomic mass is 28.4. The van der Waals surface area contributed by atoms with Crippen molar-refractivity contribution >= 4 is 25.1 Å². The summed E-state index contributed by atoms with van der Waals surface area (Å²) in [5.41, 5.74) is 9.56. The SMILES string of the molecule is Cn1c(CCc2ccccc2)cc2cc(OCCC[C@@H](Cn3cnc(C(N)=O)c3)O[Si](C)(C)C(C)(C)C)ccc21. The van der Waals surface area contributed by atoms with Gasteiger partial charge in [-0.25, -0.2) is 4.98 Å². The molecule has 4 aromatic rings. The van der Waals surface area contributed by atoms with Gasteiger partial charge in [0.1, 0.15) is 11.4 Å². The third-order valence-electron chi connectivity index (χ3n) is 8.13. The molecule has 0 spiro atoms. The lowest BCUT2D eigenvalue weighted by Crippen LogP contribution is -2.45. The van der Waals surface area contributed by atoms with Crippen LogP contribution < -0.4 is 10.5 Å². The van der Waals surface area contributed by atoms with Crippen molar-refractivity contribution in [3.8, 4) is 5.75 Å². The molecule has 0 aliphatic carbocycles. The summed E-state index contributed by atoms with van der Waals surface area (Å²) in [6.07, 6.45) is 7.06. The lowest BCUT2D eigenvalue weighted by Gasteiger charge is -2.39. The van der Waals surface area contributed by atoms with E-state index in [-0.39, 0.29) is 16.8 Å². The van der Waals surface area contributed by atoms with Gasteiger partial charge in [-0.2, -0.15) is 0 Å². The number of carbonyl (C=O) groups is 1. The molecule has 0 aliphatic heterocycles. The summed E-state index contributed by atoms with van der Waals surface area (Å²) in [6.45, 7) is 12.5. The summed E-state index contributed by atoms with van der Waals surface area (Å²) in [4.78, 5) is 15.6. The van der Waals surface area contributed by atoms with Gasteiger partial charge in [0, 0.05) is 36.4 Å². The first kappa shape index (κ1) is 29.6. The van der Waals surface area contributed by atoms with Gasteiger partial charge in [0.25, 0.3) is 5.91 Å². The van der Waals surface area contributed by atoms with Crippen molar-refractivity contribution in [2.75, 3.05) is 6.61 Å². The highest BCUT2D eigenvalue weighted by Gasteiger charge is 2.39. The minimum atomic E-state index is -1.99. The Morgan fingerprint density at radius 3 is 2.50 bits per heavy atom. The lowest BCUT2D eigenvalue weighted by molar-refractivity contribution is 0.0995. The number of imidazole rings is 1. The molecule has 2 aromatic heterocycles. The summed E-state index contributed by atoms with van der Waals surface area (Å²) < 4.78 is 17.1. The Kier molecular flexibility index (Phi) is 9.21. The Morgan fingerprint density at radius 2 is 1.82 bits per heavy atom. The number of primary amides is 1. The third-order valence-corrected chi connectivity index (χ3v) is 12.7. The van der Waals surface area contributed by atoms with Crippen LogP contribution in [0.15, 0.2) is 67.1 Å². The van der Waals surface area contributed by atoms with Crippen molar-refractivity contribution in [2.24, 2.45) is 12.8 Å². The van der Waals surface area contributed by atoms with Crippen LogP contribution in [0.3, 0.4) is 0 Å². The first-order valence-corrected chi connectivity index (χ1v) is 17.1. The van der Waals surface area contributed by atoms with Crippen molar-refractivity contribution in [3.05, 3.63) is 84.1 Å². The second-order valence-electron chi connectivity index (χ2n) is 12.2. The van der Waals surface area contributed by atoms with Crippen molar-refractivity contribution in [3.63, 3.8) is 0 Å². The third kappa shape index (κ3) is 7.43. The van der Waals surface area contributed by atoms with Gasteiger partial charge in [0.05, 0.1) is 19.0 Å². The van der Waals surface area contributed by atoms with Gasteiger partial charge in [0.15, 0.2) is 8.32 Å². The highest BCUT2D eigenvalue weighted by Crippen LogP contribution is 2.38. The molecule has 40 heavy (non-hydrogen) atoms. The van der Waals surface area contributed by atoms with Gasteiger partial charge in [-0.05, 0) is 73.6 Å². The summed E-state index contributed by atoms with van der Waals surface area (Å²) in [6, 6.07) is 19.2. The number of fused-ring (bicyclic) bond motifs is 1. The Bertz CT molecular complexity index is 1420.